The third kappa shape index (κ3) is 7.66. The van der Waals surface area contributed by atoms with Crippen molar-refractivity contribution in [3.05, 3.63) is 89.2 Å². The predicted molar refractivity (Wildman–Crippen MR) is 135 cm³/mol. The van der Waals surface area contributed by atoms with E-state index in [4.69, 9.17) is 14.2 Å². The quantitative estimate of drug-likeness (QED) is 0.190. The molecule has 0 unspecified atom stereocenters. The molecule has 0 saturated carbocycles. The summed E-state index contributed by atoms with van der Waals surface area (Å²) in [5.74, 6) is -0.380. The summed E-state index contributed by atoms with van der Waals surface area (Å²) >= 11 is 0. The summed E-state index contributed by atoms with van der Waals surface area (Å²) in [6, 6.07) is 17.5. The van der Waals surface area contributed by atoms with E-state index in [-0.39, 0.29) is 23.3 Å². The third-order valence-electron chi connectivity index (χ3n) is 5.04. The molecule has 3 rings (SSSR count). The minimum absolute atomic E-state index is 0.0368. The van der Waals surface area contributed by atoms with E-state index in [1.807, 2.05) is 24.3 Å². The lowest BCUT2D eigenvalue weighted by Gasteiger charge is -2.19. The molecule has 0 atom stereocenters. The number of nitrogens with one attached hydrogen (secondary N) is 1. The van der Waals surface area contributed by atoms with Gasteiger partial charge < -0.3 is 14.2 Å². The molecule has 0 spiro atoms. The summed E-state index contributed by atoms with van der Waals surface area (Å²) in [7, 11) is 0. The maximum absolute atomic E-state index is 13.1. The SMILES string of the molecule is CCOc1cc(/C=N/NC(=O)COc2ccc(C(C)(C)C)cc2)ccc1OC(=O)c1ccc(F)cc1. The van der Waals surface area contributed by atoms with Gasteiger partial charge in [0.15, 0.2) is 18.1 Å². The average Bonchev–Trinajstić information content (AvgIpc) is 2.84. The monoisotopic (exact) mass is 492 g/mol. The van der Waals surface area contributed by atoms with Gasteiger partial charge in [-0.2, -0.15) is 5.10 Å². The maximum atomic E-state index is 13.1. The van der Waals surface area contributed by atoms with Crippen LogP contribution in [0, 0.1) is 5.82 Å². The second-order valence-corrected chi connectivity index (χ2v) is 8.89. The van der Waals surface area contributed by atoms with Crippen LogP contribution in [0.1, 0.15) is 49.2 Å². The number of rotatable bonds is 9. The Labute approximate surface area is 209 Å². The van der Waals surface area contributed by atoms with Crippen molar-refractivity contribution in [2.75, 3.05) is 13.2 Å². The standard InChI is InChI=1S/C28H29FN2O5/c1-5-34-25-16-19(6-15-24(25)36-27(33)20-7-11-22(29)12-8-20)17-30-31-26(32)18-35-23-13-9-21(10-14-23)28(2,3)4/h6-17H,5,18H2,1-4H3,(H,31,32)/b30-17+. The highest BCUT2D eigenvalue weighted by atomic mass is 19.1. The first-order chi connectivity index (χ1) is 17.2. The van der Waals surface area contributed by atoms with Crippen molar-refractivity contribution in [3.63, 3.8) is 0 Å². The number of halogens is 1. The summed E-state index contributed by atoms with van der Waals surface area (Å²) in [6.45, 7) is 8.32. The molecule has 0 radical (unpaired) electrons. The lowest BCUT2D eigenvalue weighted by Crippen LogP contribution is -2.24. The van der Waals surface area contributed by atoms with Crippen molar-refractivity contribution < 1.29 is 28.2 Å². The highest BCUT2D eigenvalue weighted by Crippen LogP contribution is 2.29. The molecule has 0 heterocycles. The van der Waals surface area contributed by atoms with Crippen molar-refractivity contribution in [2.24, 2.45) is 5.10 Å². The first-order valence-electron chi connectivity index (χ1n) is 11.5. The van der Waals surface area contributed by atoms with Gasteiger partial charge in [-0.15, -0.1) is 0 Å². The van der Waals surface area contributed by atoms with Crippen molar-refractivity contribution in [2.45, 2.75) is 33.1 Å². The molecule has 0 aliphatic carbocycles. The molecule has 0 aliphatic rings. The summed E-state index contributed by atoms with van der Waals surface area (Å²) in [5, 5.41) is 3.94. The van der Waals surface area contributed by atoms with Crippen molar-refractivity contribution in [3.8, 4) is 17.2 Å². The van der Waals surface area contributed by atoms with Gasteiger partial charge in [0.1, 0.15) is 11.6 Å². The number of hydrogen-bond acceptors (Lipinski definition) is 6. The van der Waals surface area contributed by atoms with Crippen LogP contribution >= 0.6 is 0 Å². The molecule has 0 fully saturated rings. The van der Waals surface area contributed by atoms with Crippen molar-refractivity contribution in [1.29, 1.82) is 0 Å². The smallest absolute Gasteiger partial charge is 0.343 e. The van der Waals surface area contributed by atoms with Gasteiger partial charge in [0.05, 0.1) is 18.4 Å². The Kier molecular flexibility index (Phi) is 8.78. The summed E-state index contributed by atoms with van der Waals surface area (Å²) < 4.78 is 29.6. The van der Waals surface area contributed by atoms with Gasteiger partial charge in [-0.3, -0.25) is 4.79 Å². The van der Waals surface area contributed by atoms with Crippen LogP contribution < -0.4 is 19.6 Å². The zero-order chi connectivity index (χ0) is 26.1. The number of hydrogen-bond donors (Lipinski definition) is 1. The van der Waals surface area contributed by atoms with Crippen molar-refractivity contribution in [1.82, 2.24) is 5.43 Å². The molecule has 1 N–H and O–H groups in total. The molecule has 1 amide bonds. The number of carbonyl (C=O) groups is 2. The Hall–Kier alpha value is -4.20. The first kappa shape index (κ1) is 26.4. The minimum atomic E-state index is -0.641. The third-order valence-corrected chi connectivity index (χ3v) is 5.04. The van der Waals surface area contributed by atoms with Gasteiger partial charge >= 0.3 is 5.97 Å². The predicted octanol–water partition coefficient (Wildman–Crippen LogP) is 5.27. The molecule has 0 bridgehead atoms. The molecule has 0 saturated heterocycles. The van der Waals surface area contributed by atoms with E-state index in [0.29, 0.717) is 23.7 Å². The molecule has 0 aromatic heterocycles. The summed E-state index contributed by atoms with van der Waals surface area (Å²) in [5.41, 5.74) is 4.44. The molecule has 0 aliphatic heterocycles. The van der Waals surface area contributed by atoms with Crippen LogP contribution in [0.2, 0.25) is 0 Å². The van der Waals surface area contributed by atoms with Crippen LogP contribution in [0.25, 0.3) is 0 Å². The van der Waals surface area contributed by atoms with Gasteiger partial charge in [0.2, 0.25) is 0 Å². The minimum Gasteiger partial charge on any atom is -0.490 e. The van der Waals surface area contributed by atoms with Crippen LogP contribution in [-0.4, -0.2) is 31.3 Å². The van der Waals surface area contributed by atoms with Gasteiger partial charge in [0, 0.05) is 0 Å². The average molecular weight is 493 g/mol. The number of nitrogens with zero attached hydrogens (tertiary/aromatic N) is 1. The fourth-order valence-corrected chi connectivity index (χ4v) is 3.11. The number of amides is 1. The lowest BCUT2D eigenvalue weighted by atomic mass is 9.87. The second kappa shape index (κ2) is 12.0. The van der Waals surface area contributed by atoms with Gasteiger partial charge in [-0.05, 0) is 78.1 Å². The Morgan fingerprint density at radius 1 is 0.944 bits per heavy atom. The topological polar surface area (TPSA) is 86.2 Å². The van der Waals surface area contributed by atoms with E-state index < -0.39 is 17.7 Å². The zero-order valence-electron chi connectivity index (χ0n) is 20.7. The van der Waals surface area contributed by atoms with Crippen LogP contribution in [-0.2, 0) is 10.2 Å². The van der Waals surface area contributed by atoms with Crippen LogP contribution in [0.3, 0.4) is 0 Å². The number of benzene rings is 3. The maximum Gasteiger partial charge on any atom is 0.343 e. The van der Waals surface area contributed by atoms with Crippen LogP contribution in [0.15, 0.2) is 71.8 Å². The molecule has 36 heavy (non-hydrogen) atoms. The van der Waals surface area contributed by atoms with E-state index in [1.54, 1.807) is 25.1 Å². The van der Waals surface area contributed by atoms with Crippen LogP contribution in [0.5, 0.6) is 17.2 Å². The summed E-state index contributed by atoms with van der Waals surface area (Å²) in [4.78, 5) is 24.4. The van der Waals surface area contributed by atoms with Gasteiger partial charge in [0.25, 0.3) is 5.91 Å². The van der Waals surface area contributed by atoms with Crippen LogP contribution in [0.4, 0.5) is 4.39 Å². The molecular weight excluding hydrogens is 463 g/mol. The summed E-state index contributed by atoms with van der Waals surface area (Å²) in [6.07, 6.45) is 1.43. The number of esters is 1. The Morgan fingerprint density at radius 3 is 2.28 bits per heavy atom. The molecule has 3 aromatic carbocycles. The molecular formula is C28H29FN2O5. The lowest BCUT2D eigenvalue weighted by molar-refractivity contribution is -0.123. The normalized spacial score (nSPS) is 11.2. The largest absolute Gasteiger partial charge is 0.490 e. The molecule has 8 heteroatoms. The highest BCUT2D eigenvalue weighted by Gasteiger charge is 2.14. The Morgan fingerprint density at radius 2 is 1.64 bits per heavy atom. The molecule has 3 aromatic rings. The van der Waals surface area contributed by atoms with E-state index >= 15 is 0 Å². The highest BCUT2D eigenvalue weighted by molar-refractivity contribution is 5.91. The van der Waals surface area contributed by atoms with E-state index in [9.17, 15) is 14.0 Å². The van der Waals surface area contributed by atoms with E-state index in [2.05, 4.69) is 31.3 Å². The van der Waals surface area contributed by atoms with Crippen molar-refractivity contribution >= 4 is 18.1 Å². The number of hydrazone groups is 1. The fraction of sp³-hybridized carbons (Fsp3) is 0.250. The first-order valence-corrected chi connectivity index (χ1v) is 11.5. The fourth-order valence-electron chi connectivity index (χ4n) is 3.11. The zero-order valence-corrected chi connectivity index (χ0v) is 20.7. The second-order valence-electron chi connectivity index (χ2n) is 8.89. The Balaban J connectivity index is 1.56. The van der Waals surface area contributed by atoms with Gasteiger partial charge in [-0.1, -0.05) is 32.9 Å². The molecule has 7 nitrogen and oxygen atoms in total. The van der Waals surface area contributed by atoms with E-state index in [1.165, 1.54) is 36.0 Å². The number of ether oxygens (including phenoxy) is 3. The number of carbonyl (C=O) groups excluding carboxylic acids is 2. The Bertz CT molecular complexity index is 1220. The van der Waals surface area contributed by atoms with Gasteiger partial charge in [-0.25, -0.2) is 14.6 Å². The molecule has 188 valence electrons. The van der Waals surface area contributed by atoms with E-state index in [0.717, 1.165) is 0 Å².